The Morgan fingerprint density at radius 3 is 2.70 bits per heavy atom. The van der Waals surface area contributed by atoms with Gasteiger partial charge in [0.25, 0.3) is 0 Å². The lowest BCUT2D eigenvalue weighted by atomic mass is 10.0. The third-order valence-electron chi connectivity index (χ3n) is 4.30. The molecule has 0 bridgehead atoms. The van der Waals surface area contributed by atoms with Crippen LogP contribution in [-0.2, 0) is 6.42 Å². The van der Waals surface area contributed by atoms with Crippen LogP contribution in [-0.4, -0.2) is 22.9 Å². The quantitative estimate of drug-likeness (QED) is 0.783. The third kappa shape index (κ3) is 4.93. The molecule has 1 N–H and O–H groups in total. The van der Waals surface area contributed by atoms with Crippen LogP contribution in [0.4, 0.5) is 0 Å². The lowest BCUT2D eigenvalue weighted by Crippen LogP contribution is -2.25. The molecule has 1 aromatic heterocycles. The summed E-state index contributed by atoms with van der Waals surface area (Å²) in [5.41, 5.74) is 1.27. The van der Waals surface area contributed by atoms with Gasteiger partial charge in [0.2, 0.25) is 0 Å². The molecule has 1 atom stereocenters. The molecule has 1 fully saturated rings. The highest BCUT2D eigenvalue weighted by Crippen LogP contribution is 2.28. The smallest absolute Gasteiger partial charge is 0.0624 e. The Balaban J connectivity index is 1.68. The van der Waals surface area contributed by atoms with Crippen molar-refractivity contribution in [3.8, 4) is 0 Å². The molecule has 3 nitrogen and oxygen atoms in total. The highest BCUT2D eigenvalue weighted by molar-refractivity contribution is 5.00. The first-order valence-electron chi connectivity index (χ1n) is 8.40. The van der Waals surface area contributed by atoms with E-state index in [1.165, 1.54) is 37.8 Å². The Kier molecular flexibility index (Phi) is 6.08. The van der Waals surface area contributed by atoms with Crippen molar-refractivity contribution in [2.45, 2.75) is 65.3 Å². The zero-order valence-electron chi connectivity index (χ0n) is 13.4. The van der Waals surface area contributed by atoms with Crippen molar-refractivity contribution in [3.63, 3.8) is 0 Å². The first-order chi connectivity index (χ1) is 9.65. The van der Waals surface area contributed by atoms with Gasteiger partial charge in [0.05, 0.1) is 11.7 Å². The summed E-state index contributed by atoms with van der Waals surface area (Å²) in [7, 11) is 0. The number of nitrogens with zero attached hydrogens (tertiary/aromatic N) is 2. The molecule has 2 rings (SSSR count). The van der Waals surface area contributed by atoms with Gasteiger partial charge in [0.15, 0.2) is 0 Å². The summed E-state index contributed by atoms with van der Waals surface area (Å²) in [4.78, 5) is 0. The Labute approximate surface area is 124 Å². The summed E-state index contributed by atoms with van der Waals surface area (Å²) in [6, 6.07) is 2.89. The largest absolute Gasteiger partial charge is 0.316 e. The molecule has 0 saturated heterocycles. The number of aryl methyl sites for hydroxylation is 1. The first kappa shape index (κ1) is 15.6. The normalized spacial score (nSPS) is 18.0. The molecule has 114 valence electrons. The molecule has 0 aliphatic heterocycles. The Morgan fingerprint density at radius 1 is 1.25 bits per heavy atom. The fraction of sp³-hybridized carbons (Fsp3) is 0.824. The molecule has 0 amide bonds. The predicted octanol–water partition coefficient (Wildman–Crippen LogP) is 3.81. The van der Waals surface area contributed by atoms with Gasteiger partial charge in [0.1, 0.15) is 0 Å². The maximum Gasteiger partial charge on any atom is 0.0624 e. The second-order valence-electron chi connectivity index (χ2n) is 6.92. The van der Waals surface area contributed by atoms with E-state index in [4.69, 9.17) is 5.10 Å². The molecule has 1 saturated carbocycles. The van der Waals surface area contributed by atoms with Gasteiger partial charge in [-0.2, -0.15) is 5.10 Å². The molecule has 1 heterocycles. The lowest BCUT2D eigenvalue weighted by molar-refractivity contribution is 0.443. The summed E-state index contributed by atoms with van der Waals surface area (Å²) in [6.45, 7) is 9.10. The van der Waals surface area contributed by atoms with Crippen molar-refractivity contribution in [2.75, 3.05) is 13.1 Å². The molecular formula is C17H31N3. The van der Waals surface area contributed by atoms with Crippen LogP contribution in [0.1, 0.15) is 64.6 Å². The number of nitrogens with one attached hydrogen (secondary N) is 1. The molecule has 3 heteroatoms. The van der Waals surface area contributed by atoms with E-state index in [2.05, 4.69) is 43.0 Å². The zero-order valence-corrected chi connectivity index (χ0v) is 13.4. The molecule has 20 heavy (non-hydrogen) atoms. The van der Waals surface area contributed by atoms with E-state index >= 15 is 0 Å². The van der Waals surface area contributed by atoms with Crippen molar-refractivity contribution in [3.05, 3.63) is 18.0 Å². The highest BCUT2D eigenvalue weighted by atomic mass is 15.3. The maximum absolute atomic E-state index is 4.77. The van der Waals surface area contributed by atoms with Crippen LogP contribution >= 0.6 is 0 Å². The van der Waals surface area contributed by atoms with Gasteiger partial charge < -0.3 is 5.32 Å². The Morgan fingerprint density at radius 2 is 2.00 bits per heavy atom. The number of rotatable bonds is 8. The second kappa shape index (κ2) is 7.82. The van der Waals surface area contributed by atoms with Gasteiger partial charge >= 0.3 is 0 Å². The molecular weight excluding hydrogens is 246 g/mol. The van der Waals surface area contributed by atoms with Crippen LogP contribution in [0, 0.1) is 11.8 Å². The van der Waals surface area contributed by atoms with E-state index in [0.717, 1.165) is 31.3 Å². The summed E-state index contributed by atoms with van der Waals surface area (Å²) < 4.78 is 2.21. The molecule has 1 aromatic rings. The van der Waals surface area contributed by atoms with Crippen molar-refractivity contribution >= 4 is 0 Å². The summed E-state index contributed by atoms with van der Waals surface area (Å²) >= 11 is 0. The van der Waals surface area contributed by atoms with Gasteiger partial charge in [-0.25, -0.2) is 0 Å². The predicted molar refractivity (Wildman–Crippen MR) is 84.9 cm³/mol. The van der Waals surface area contributed by atoms with E-state index < -0.39 is 0 Å². The van der Waals surface area contributed by atoms with Gasteiger partial charge in [-0.05, 0) is 56.7 Å². The standard InChI is InChI=1S/C17H31N3/c1-14(2)12-18-13-15(3)8-9-16-10-11-20(19-16)17-6-4-5-7-17/h10-11,14-15,17-18H,4-9,12-13H2,1-3H3. The lowest BCUT2D eigenvalue weighted by Gasteiger charge is -2.13. The van der Waals surface area contributed by atoms with Crippen molar-refractivity contribution in [1.29, 1.82) is 0 Å². The topological polar surface area (TPSA) is 29.9 Å². The molecule has 1 aliphatic carbocycles. The highest BCUT2D eigenvalue weighted by Gasteiger charge is 2.17. The van der Waals surface area contributed by atoms with E-state index in [0.29, 0.717) is 6.04 Å². The molecule has 1 aliphatic rings. The van der Waals surface area contributed by atoms with Crippen molar-refractivity contribution in [2.24, 2.45) is 11.8 Å². The third-order valence-corrected chi connectivity index (χ3v) is 4.30. The average molecular weight is 277 g/mol. The van der Waals surface area contributed by atoms with Crippen LogP contribution in [0.2, 0.25) is 0 Å². The number of aromatic nitrogens is 2. The first-order valence-corrected chi connectivity index (χ1v) is 8.40. The second-order valence-corrected chi connectivity index (χ2v) is 6.92. The van der Waals surface area contributed by atoms with E-state index in [-0.39, 0.29) is 0 Å². The SMILES string of the molecule is CC(C)CNCC(C)CCc1ccn(C2CCCC2)n1. The average Bonchev–Trinajstić information content (AvgIpc) is 3.06. The molecule has 0 spiro atoms. The van der Waals surface area contributed by atoms with E-state index in [1.807, 2.05) is 0 Å². The number of hydrogen-bond donors (Lipinski definition) is 1. The Bertz CT molecular complexity index is 377. The maximum atomic E-state index is 4.77. The molecule has 1 unspecified atom stereocenters. The van der Waals surface area contributed by atoms with Gasteiger partial charge in [-0.1, -0.05) is 33.6 Å². The van der Waals surface area contributed by atoms with Crippen LogP contribution in [0.15, 0.2) is 12.3 Å². The monoisotopic (exact) mass is 277 g/mol. The fourth-order valence-corrected chi connectivity index (χ4v) is 3.00. The number of hydrogen-bond acceptors (Lipinski definition) is 2. The van der Waals surface area contributed by atoms with E-state index in [9.17, 15) is 0 Å². The fourth-order valence-electron chi connectivity index (χ4n) is 3.00. The minimum atomic E-state index is 0.675. The van der Waals surface area contributed by atoms with Crippen LogP contribution in [0.5, 0.6) is 0 Å². The summed E-state index contributed by atoms with van der Waals surface area (Å²) in [5, 5.41) is 8.31. The molecule has 0 radical (unpaired) electrons. The van der Waals surface area contributed by atoms with E-state index in [1.54, 1.807) is 0 Å². The van der Waals surface area contributed by atoms with Crippen molar-refractivity contribution < 1.29 is 0 Å². The summed E-state index contributed by atoms with van der Waals surface area (Å²) in [6.07, 6.45) is 9.91. The van der Waals surface area contributed by atoms with Crippen LogP contribution in [0.25, 0.3) is 0 Å². The minimum absolute atomic E-state index is 0.675. The zero-order chi connectivity index (χ0) is 14.4. The molecule has 0 aromatic carbocycles. The van der Waals surface area contributed by atoms with Crippen molar-refractivity contribution in [1.82, 2.24) is 15.1 Å². The minimum Gasteiger partial charge on any atom is -0.316 e. The van der Waals surface area contributed by atoms with Gasteiger partial charge in [0, 0.05) is 6.20 Å². The van der Waals surface area contributed by atoms with Crippen LogP contribution < -0.4 is 5.32 Å². The van der Waals surface area contributed by atoms with Gasteiger partial charge in [-0.15, -0.1) is 0 Å². The van der Waals surface area contributed by atoms with Gasteiger partial charge in [-0.3, -0.25) is 4.68 Å². The van der Waals surface area contributed by atoms with Crippen LogP contribution in [0.3, 0.4) is 0 Å². The Hall–Kier alpha value is -0.830. The summed E-state index contributed by atoms with van der Waals surface area (Å²) in [5.74, 6) is 1.47.